The largest absolute Gasteiger partial charge is 0.481 e. The van der Waals surface area contributed by atoms with Crippen LogP contribution in [-0.2, 0) is 9.59 Å². The minimum atomic E-state index is -0.731. The highest BCUT2D eigenvalue weighted by atomic mass is 16.4. The van der Waals surface area contributed by atoms with Crippen LogP contribution >= 0.6 is 0 Å². The summed E-state index contributed by atoms with van der Waals surface area (Å²) >= 11 is 0. The third-order valence-electron chi connectivity index (χ3n) is 5.40. The molecule has 0 heterocycles. The number of carboxylic acids is 1. The molecule has 2 N–H and O–H groups in total. The highest BCUT2D eigenvalue weighted by Crippen LogP contribution is 2.69. The zero-order chi connectivity index (χ0) is 13.4. The van der Waals surface area contributed by atoms with Crippen LogP contribution in [0.2, 0.25) is 0 Å². The fraction of sp³-hybridized carbons (Fsp3) is 0.867. The Morgan fingerprint density at radius 2 is 1.74 bits per heavy atom. The normalized spacial score (nSPS) is 38.0. The molecule has 1 unspecified atom stereocenters. The predicted octanol–water partition coefficient (Wildman–Crippen LogP) is 2.04. The van der Waals surface area contributed by atoms with E-state index in [-0.39, 0.29) is 12.3 Å². The number of hydrogen-bond acceptors (Lipinski definition) is 2. The molecule has 4 heteroatoms. The number of carboxylic acid groups (broad SMARTS) is 1. The van der Waals surface area contributed by atoms with Gasteiger partial charge < -0.3 is 10.4 Å². The van der Waals surface area contributed by atoms with E-state index >= 15 is 0 Å². The van der Waals surface area contributed by atoms with Gasteiger partial charge in [-0.25, -0.2) is 0 Å². The molecular weight excluding hydrogens is 242 g/mol. The van der Waals surface area contributed by atoms with Crippen molar-refractivity contribution in [1.29, 1.82) is 0 Å². The third kappa shape index (κ3) is 2.49. The van der Waals surface area contributed by atoms with Gasteiger partial charge in [0.15, 0.2) is 0 Å². The van der Waals surface area contributed by atoms with E-state index < -0.39 is 5.97 Å². The Labute approximate surface area is 113 Å². The van der Waals surface area contributed by atoms with E-state index in [0.29, 0.717) is 30.7 Å². The van der Waals surface area contributed by atoms with E-state index in [4.69, 9.17) is 5.11 Å². The highest BCUT2D eigenvalue weighted by Gasteiger charge is 2.67. The summed E-state index contributed by atoms with van der Waals surface area (Å²) in [5.74, 6) is 2.99. The summed E-state index contributed by atoms with van der Waals surface area (Å²) in [5.41, 5.74) is 0. The summed E-state index contributed by atoms with van der Waals surface area (Å²) in [4.78, 5) is 22.4. The van der Waals surface area contributed by atoms with Crippen LogP contribution in [0.5, 0.6) is 0 Å². The maximum atomic E-state index is 12.1. The Hall–Kier alpha value is -1.06. The SMILES string of the molecule is O=C(O)CCCCCNC(=O)C1[C@@H]2[C@@H]3CC[C@H](C3)[C@H]12. The molecule has 3 fully saturated rings. The lowest BCUT2D eigenvalue weighted by atomic mass is 10.0. The summed E-state index contributed by atoms with van der Waals surface area (Å²) in [6.45, 7) is 0.712. The second-order valence-corrected chi connectivity index (χ2v) is 6.51. The second-order valence-electron chi connectivity index (χ2n) is 6.51. The Kier molecular flexibility index (Phi) is 3.50. The van der Waals surface area contributed by atoms with Crippen molar-refractivity contribution in [2.24, 2.45) is 29.6 Å². The van der Waals surface area contributed by atoms with E-state index in [1.165, 1.54) is 19.3 Å². The van der Waals surface area contributed by atoms with Crippen LogP contribution in [-0.4, -0.2) is 23.5 Å². The molecule has 0 aliphatic heterocycles. The molecule has 3 rings (SSSR count). The lowest BCUT2D eigenvalue weighted by molar-refractivity contribution is -0.137. The number of unbranched alkanes of at least 4 members (excludes halogenated alkanes) is 2. The van der Waals surface area contributed by atoms with Crippen molar-refractivity contribution in [2.45, 2.75) is 44.9 Å². The van der Waals surface area contributed by atoms with Crippen LogP contribution in [0.1, 0.15) is 44.9 Å². The Morgan fingerprint density at radius 1 is 1.05 bits per heavy atom. The second kappa shape index (κ2) is 5.14. The number of carbonyl (C=O) groups is 2. The van der Waals surface area contributed by atoms with Crippen molar-refractivity contribution in [3.8, 4) is 0 Å². The molecule has 0 radical (unpaired) electrons. The molecule has 5 atom stereocenters. The van der Waals surface area contributed by atoms with Crippen molar-refractivity contribution >= 4 is 11.9 Å². The molecule has 19 heavy (non-hydrogen) atoms. The van der Waals surface area contributed by atoms with Gasteiger partial charge in [0.2, 0.25) is 5.91 Å². The summed E-state index contributed by atoms with van der Waals surface area (Å²) < 4.78 is 0. The van der Waals surface area contributed by atoms with E-state index in [1.807, 2.05) is 0 Å². The number of nitrogens with one attached hydrogen (secondary N) is 1. The van der Waals surface area contributed by atoms with Crippen LogP contribution in [0.25, 0.3) is 0 Å². The van der Waals surface area contributed by atoms with Crippen molar-refractivity contribution in [2.75, 3.05) is 6.54 Å². The maximum absolute atomic E-state index is 12.1. The Bertz CT molecular complexity index is 366. The summed E-state index contributed by atoms with van der Waals surface area (Å²) in [6, 6.07) is 0. The van der Waals surface area contributed by atoms with Gasteiger partial charge in [-0.05, 0) is 55.8 Å². The van der Waals surface area contributed by atoms with Crippen LogP contribution in [0.3, 0.4) is 0 Å². The van der Waals surface area contributed by atoms with Crippen LogP contribution < -0.4 is 5.32 Å². The topological polar surface area (TPSA) is 66.4 Å². The van der Waals surface area contributed by atoms with E-state index in [2.05, 4.69) is 5.32 Å². The molecule has 1 amide bonds. The molecule has 0 aromatic rings. The van der Waals surface area contributed by atoms with Crippen LogP contribution in [0, 0.1) is 29.6 Å². The smallest absolute Gasteiger partial charge is 0.303 e. The predicted molar refractivity (Wildman–Crippen MR) is 70.4 cm³/mol. The molecule has 106 valence electrons. The van der Waals surface area contributed by atoms with E-state index in [0.717, 1.165) is 24.7 Å². The number of hydrogen-bond donors (Lipinski definition) is 2. The van der Waals surface area contributed by atoms with Gasteiger partial charge in [-0.2, -0.15) is 0 Å². The van der Waals surface area contributed by atoms with Gasteiger partial charge in [-0.3, -0.25) is 9.59 Å². The standard InChI is InChI=1S/C15H23NO3/c17-11(18)4-2-1-3-7-16-15(19)14-12-9-5-6-10(8-9)13(12)14/h9-10,12-14H,1-8H2,(H,16,19)(H,17,18)/t9-,10-,12-,13+,14?/m1/s1. The molecule has 3 aliphatic carbocycles. The van der Waals surface area contributed by atoms with Gasteiger partial charge in [-0.15, -0.1) is 0 Å². The first-order chi connectivity index (χ1) is 9.18. The average molecular weight is 265 g/mol. The van der Waals surface area contributed by atoms with Gasteiger partial charge >= 0.3 is 5.97 Å². The van der Waals surface area contributed by atoms with Gasteiger partial charge in [0, 0.05) is 18.9 Å². The van der Waals surface area contributed by atoms with Crippen LogP contribution in [0.15, 0.2) is 0 Å². The number of rotatable bonds is 7. The first-order valence-electron chi connectivity index (χ1n) is 7.68. The molecule has 0 saturated heterocycles. The monoisotopic (exact) mass is 265 g/mol. The minimum Gasteiger partial charge on any atom is -0.481 e. The molecule has 2 bridgehead atoms. The quantitative estimate of drug-likeness (QED) is 0.692. The van der Waals surface area contributed by atoms with Crippen molar-refractivity contribution in [1.82, 2.24) is 5.32 Å². The Balaban J connectivity index is 1.30. The first kappa shape index (κ1) is 12.9. The molecule has 4 nitrogen and oxygen atoms in total. The lowest BCUT2D eigenvalue weighted by Gasteiger charge is -2.09. The van der Waals surface area contributed by atoms with Gasteiger partial charge in [0.1, 0.15) is 0 Å². The summed E-state index contributed by atoms with van der Waals surface area (Å²) in [7, 11) is 0. The average Bonchev–Trinajstić information content (AvgIpc) is 2.82. The maximum Gasteiger partial charge on any atom is 0.303 e. The van der Waals surface area contributed by atoms with Crippen molar-refractivity contribution in [3.05, 3.63) is 0 Å². The molecule has 3 aliphatic rings. The zero-order valence-corrected chi connectivity index (χ0v) is 11.3. The summed E-state index contributed by atoms with van der Waals surface area (Å²) in [6.07, 6.45) is 6.82. The minimum absolute atomic E-state index is 0.240. The van der Waals surface area contributed by atoms with Crippen molar-refractivity contribution < 1.29 is 14.7 Å². The first-order valence-corrected chi connectivity index (χ1v) is 7.68. The molecule has 0 aromatic heterocycles. The number of carbonyl (C=O) groups excluding carboxylic acids is 1. The molecule has 0 aromatic carbocycles. The molecule has 3 saturated carbocycles. The van der Waals surface area contributed by atoms with Crippen molar-refractivity contribution in [3.63, 3.8) is 0 Å². The molecule has 0 spiro atoms. The number of aliphatic carboxylic acids is 1. The van der Waals surface area contributed by atoms with Gasteiger partial charge in [0.05, 0.1) is 0 Å². The zero-order valence-electron chi connectivity index (χ0n) is 11.3. The van der Waals surface area contributed by atoms with Gasteiger partial charge in [-0.1, -0.05) is 6.42 Å². The van der Waals surface area contributed by atoms with Gasteiger partial charge in [0.25, 0.3) is 0 Å². The Morgan fingerprint density at radius 3 is 2.37 bits per heavy atom. The van der Waals surface area contributed by atoms with E-state index in [1.54, 1.807) is 0 Å². The number of amides is 1. The lowest BCUT2D eigenvalue weighted by Crippen LogP contribution is -2.28. The van der Waals surface area contributed by atoms with Crippen LogP contribution in [0.4, 0.5) is 0 Å². The highest BCUT2D eigenvalue weighted by molar-refractivity contribution is 5.82. The summed E-state index contributed by atoms with van der Waals surface area (Å²) in [5, 5.41) is 11.6. The molecular formula is C15H23NO3. The fourth-order valence-corrected chi connectivity index (χ4v) is 4.58. The third-order valence-corrected chi connectivity index (χ3v) is 5.40. The van der Waals surface area contributed by atoms with E-state index in [9.17, 15) is 9.59 Å². The fourth-order valence-electron chi connectivity index (χ4n) is 4.58. The number of fused-ring (bicyclic) bond motifs is 5.